The number of aliphatic imine (C=N–C) groups is 1. The SMILES string of the molecule is CCOC(=O)N1CCC(NC(N)=NCc2ccc(N(C)C3CCCCC3)cc2)CC1. The predicted molar refractivity (Wildman–Crippen MR) is 122 cm³/mol. The van der Waals surface area contributed by atoms with Crippen LogP contribution in [0.5, 0.6) is 0 Å². The van der Waals surface area contributed by atoms with Crippen molar-refractivity contribution in [2.45, 2.75) is 70.5 Å². The molecule has 2 fully saturated rings. The van der Waals surface area contributed by atoms with Gasteiger partial charge in [-0.2, -0.15) is 0 Å². The molecule has 1 amide bonds. The topological polar surface area (TPSA) is 83.2 Å². The number of nitrogens with one attached hydrogen (secondary N) is 1. The van der Waals surface area contributed by atoms with E-state index in [-0.39, 0.29) is 12.1 Å². The summed E-state index contributed by atoms with van der Waals surface area (Å²) in [7, 11) is 2.21. The highest BCUT2D eigenvalue weighted by Crippen LogP contribution is 2.26. The molecule has 1 aromatic carbocycles. The summed E-state index contributed by atoms with van der Waals surface area (Å²) in [4.78, 5) is 20.4. The summed E-state index contributed by atoms with van der Waals surface area (Å²) in [6, 6.07) is 9.57. The van der Waals surface area contributed by atoms with Crippen molar-refractivity contribution in [2.24, 2.45) is 10.7 Å². The van der Waals surface area contributed by atoms with Crippen LogP contribution in [0.4, 0.5) is 10.5 Å². The van der Waals surface area contributed by atoms with Gasteiger partial charge in [-0.25, -0.2) is 9.79 Å². The molecule has 1 aliphatic carbocycles. The van der Waals surface area contributed by atoms with Gasteiger partial charge in [0.1, 0.15) is 0 Å². The first-order valence-corrected chi connectivity index (χ1v) is 11.4. The van der Waals surface area contributed by atoms with Gasteiger partial charge < -0.3 is 25.6 Å². The van der Waals surface area contributed by atoms with E-state index in [0.717, 1.165) is 18.4 Å². The highest BCUT2D eigenvalue weighted by atomic mass is 16.6. The summed E-state index contributed by atoms with van der Waals surface area (Å²) in [5.41, 5.74) is 8.52. The maximum Gasteiger partial charge on any atom is 0.409 e. The molecule has 0 atom stereocenters. The number of piperidine rings is 1. The average molecular weight is 416 g/mol. The molecule has 2 aliphatic rings. The molecule has 1 saturated carbocycles. The van der Waals surface area contributed by atoms with Crippen LogP contribution in [0.25, 0.3) is 0 Å². The molecule has 30 heavy (non-hydrogen) atoms. The molecule has 3 N–H and O–H groups in total. The average Bonchev–Trinajstić information content (AvgIpc) is 2.79. The number of nitrogens with zero attached hydrogens (tertiary/aromatic N) is 3. The van der Waals surface area contributed by atoms with Crippen LogP contribution < -0.4 is 16.0 Å². The Balaban J connectivity index is 1.43. The molecular formula is C23H37N5O2. The zero-order valence-corrected chi connectivity index (χ0v) is 18.5. The van der Waals surface area contributed by atoms with Crippen LogP contribution in [-0.2, 0) is 11.3 Å². The molecule has 0 radical (unpaired) electrons. The normalized spacial score (nSPS) is 18.9. The van der Waals surface area contributed by atoms with E-state index in [2.05, 4.69) is 46.5 Å². The summed E-state index contributed by atoms with van der Waals surface area (Å²) in [6.07, 6.45) is 8.12. The maximum absolute atomic E-state index is 11.8. The van der Waals surface area contributed by atoms with Gasteiger partial charge in [-0.05, 0) is 50.3 Å². The first-order valence-electron chi connectivity index (χ1n) is 11.4. The largest absolute Gasteiger partial charge is 0.450 e. The monoisotopic (exact) mass is 415 g/mol. The Kier molecular flexibility index (Phi) is 8.22. The van der Waals surface area contributed by atoms with Crippen LogP contribution >= 0.6 is 0 Å². The molecule has 0 aromatic heterocycles. The van der Waals surface area contributed by atoms with Crippen molar-refractivity contribution in [1.82, 2.24) is 10.2 Å². The second-order valence-corrected chi connectivity index (χ2v) is 8.38. The minimum atomic E-state index is -0.227. The number of guanidine groups is 1. The van der Waals surface area contributed by atoms with Gasteiger partial charge in [0.25, 0.3) is 0 Å². The van der Waals surface area contributed by atoms with Crippen molar-refractivity contribution in [3.63, 3.8) is 0 Å². The van der Waals surface area contributed by atoms with Crippen LogP contribution in [0.3, 0.4) is 0 Å². The smallest absolute Gasteiger partial charge is 0.409 e. The molecule has 1 saturated heterocycles. The van der Waals surface area contributed by atoms with Crippen LogP contribution in [-0.4, -0.2) is 55.8 Å². The molecule has 0 spiro atoms. The lowest BCUT2D eigenvalue weighted by Crippen LogP contribution is -2.48. The van der Waals surface area contributed by atoms with Gasteiger partial charge in [-0.1, -0.05) is 31.4 Å². The Bertz CT molecular complexity index is 692. The fourth-order valence-corrected chi connectivity index (χ4v) is 4.37. The van der Waals surface area contributed by atoms with Crippen molar-refractivity contribution in [3.8, 4) is 0 Å². The third-order valence-electron chi connectivity index (χ3n) is 6.27. The Hall–Kier alpha value is -2.44. The summed E-state index contributed by atoms with van der Waals surface area (Å²) in [5, 5.41) is 3.29. The molecule has 166 valence electrons. The molecule has 1 aromatic rings. The number of rotatable bonds is 6. The van der Waals surface area contributed by atoms with Gasteiger partial charge in [0, 0.05) is 37.9 Å². The van der Waals surface area contributed by atoms with E-state index in [1.54, 1.807) is 4.90 Å². The van der Waals surface area contributed by atoms with Crippen molar-refractivity contribution in [1.29, 1.82) is 0 Å². The summed E-state index contributed by atoms with van der Waals surface area (Å²) in [5.74, 6) is 0.466. The van der Waals surface area contributed by atoms with Crippen LogP contribution in [0, 0.1) is 0 Å². The molecule has 7 nitrogen and oxygen atoms in total. The predicted octanol–water partition coefficient (Wildman–Crippen LogP) is 3.48. The highest BCUT2D eigenvalue weighted by Gasteiger charge is 2.23. The van der Waals surface area contributed by atoms with Crippen molar-refractivity contribution < 1.29 is 9.53 Å². The second kappa shape index (κ2) is 11.1. The quantitative estimate of drug-likeness (QED) is 0.549. The van der Waals surface area contributed by atoms with Gasteiger partial charge in [-0.15, -0.1) is 0 Å². The Morgan fingerprint density at radius 2 is 1.83 bits per heavy atom. The number of ether oxygens (including phenoxy) is 1. The van der Waals surface area contributed by atoms with Crippen LogP contribution in [0.1, 0.15) is 57.4 Å². The number of benzene rings is 1. The molecule has 1 aliphatic heterocycles. The molecule has 7 heteroatoms. The molecule has 0 unspecified atom stereocenters. The number of anilines is 1. The molecule has 3 rings (SSSR count). The van der Waals surface area contributed by atoms with Gasteiger partial charge in [0.2, 0.25) is 0 Å². The van der Waals surface area contributed by atoms with E-state index in [1.807, 2.05) is 6.92 Å². The molecular weight excluding hydrogens is 378 g/mol. The number of carbonyl (C=O) groups excluding carboxylic acids is 1. The number of carbonyl (C=O) groups is 1. The minimum absolute atomic E-state index is 0.227. The van der Waals surface area contributed by atoms with E-state index in [4.69, 9.17) is 10.5 Å². The van der Waals surface area contributed by atoms with Gasteiger partial charge >= 0.3 is 6.09 Å². The minimum Gasteiger partial charge on any atom is -0.450 e. The van der Waals surface area contributed by atoms with Crippen molar-refractivity contribution in [3.05, 3.63) is 29.8 Å². The van der Waals surface area contributed by atoms with E-state index >= 15 is 0 Å². The van der Waals surface area contributed by atoms with Crippen molar-refractivity contribution >= 4 is 17.7 Å². The Morgan fingerprint density at radius 1 is 1.17 bits per heavy atom. The van der Waals surface area contributed by atoms with E-state index < -0.39 is 0 Å². The first-order chi connectivity index (χ1) is 14.6. The zero-order chi connectivity index (χ0) is 21.3. The van der Waals surface area contributed by atoms with E-state index in [1.165, 1.54) is 37.8 Å². The lowest BCUT2D eigenvalue weighted by atomic mass is 9.94. The third-order valence-corrected chi connectivity index (χ3v) is 6.27. The van der Waals surface area contributed by atoms with Crippen LogP contribution in [0.2, 0.25) is 0 Å². The fraction of sp³-hybridized carbons (Fsp3) is 0.652. The van der Waals surface area contributed by atoms with E-state index in [0.29, 0.717) is 38.2 Å². The lowest BCUT2D eigenvalue weighted by molar-refractivity contribution is 0.0963. The Labute approximate surface area is 180 Å². The summed E-state index contributed by atoms with van der Waals surface area (Å²) < 4.78 is 5.06. The Morgan fingerprint density at radius 3 is 2.47 bits per heavy atom. The zero-order valence-electron chi connectivity index (χ0n) is 18.5. The number of amides is 1. The third kappa shape index (κ3) is 6.28. The van der Waals surface area contributed by atoms with Gasteiger partial charge in [-0.3, -0.25) is 0 Å². The fourth-order valence-electron chi connectivity index (χ4n) is 4.37. The maximum atomic E-state index is 11.8. The number of hydrogen-bond donors (Lipinski definition) is 2. The van der Waals surface area contributed by atoms with Gasteiger partial charge in [0.05, 0.1) is 13.2 Å². The number of nitrogens with two attached hydrogens (primary N) is 1. The lowest BCUT2D eigenvalue weighted by Gasteiger charge is -2.33. The number of hydrogen-bond acceptors (Lipinski definition) is 4. The second-order valence-electron chi connectivity index (χ2n) is 8.38. The van der Waals surface area contributed by atoms with Gasteiger partial charge in [0.15, 0.2) is 5.96 Å². The summed E-state index contributed by atoms with van der Waals surface area (Å²) in [6.45, 7) is 4.16. The highest BCUT2D eigenvalue weighted by molar-refractivity contribution is 5.78. The summed E-state index contributed by atoms with van der Waals surface area (Å²) >= 11 is 0. The first kappa shape index (κ1) is 22.2. The molecule has 1 heterocycles. The number of likely N-dealkylation sites (tertiary alicyclic amines) is 1. The van der Waals surface area contributed by atoms with Crippen molar-refractivity contribution in [2.75, 3.05) is 31.6 Å². The standard InChI is InChI=1S/C23H37N5O2/c1-3-30-23(29)28-15-13-19(14-16-28)26-22(24)25-17-18-9-11-21(12-10-18)27(2)20-7-5-4-6-8-20/h9-12,19-20H,3-8,13-17H2,1-2H3,(H3,24,25,26). The molecule has 0 bridgehead atoms. The van der Waals surface area contributed by atoms with Crippen LogP contribution in [0.15, 0.2) is 29.3 Å². The van der Waals surface area contributed by atoms with E-state index in [9.17, 15) is 4.79 Å².